The summed E-state index contributed by atoms with van der Waals surface area (Å²) in [5.74, 6) is -0.914. The van der Waals surface area contributed by atoms with Crippen LogP contribution in [0, 0.1) is 0 Å². The average molecular weight is 731 g/mol. The van der Waals surface area contributed by atoms with Crippen molar-refractivity contribution >= 4 is 17.9 Å². The Labute approximate surface area is 321 Å². The lowest BCUT2D eigenvalue weighted by Gasteiger charge is -2.18. The van der Waals surface area contributed by atoms with Gasteiger partial charge in [0.05, 0.1) is 0 Å². The van der Waals surface area contributed by atoms with Crippen molar-refractivity contribution in [3.05, 3.63) is 36.5 Å². The van der Waals surface area contributed by atoms with E-state index >= 15 is 0 Å². The van der Waals surface area contributed by atoms with E-state index in [0.29, 0.717) is 19.3 Å². The predicted molar refractivity (Wildman–Crippen MR) is 219 cm³/mol. The Bertz CT molecular complexity index is 891. The van der Waals surface area contributed by atoms with E-state index in [-0.39, 0.29) is 31.1 Å². The van der Waals surface area contributed by atoms with Crippen LogP contribution < -0.4 is 0 Å². The van der Waals surface area contributed by atoms with E-state index in [9.17, 15) is 14.4 Å². The van der Waals surface area contributed by atoms with Gasteiger partial charge >= 0.3 is 17.9 Å². The second kappa shape index (κ2) is 41.4. The maximum atomic E-state index is 12.6. The summed E-state index contributed by atoms with van der Waals surface area (Å²) in [6.07, 6.45) is 45.6. The van der Waals surface area contributed by atoms with E-state index in [2.05, 4.69) is 57.2 Å². The highest BCUT2D eigenvalue weighted by Crippen LogP contribution is 2.13. The molecule has 6 nitrogen and oxygen atoms in total. The normalized spacial score (nSPS) is 12.3. The first kappa shape index (κ1) is 49.6. The Morgan fingerprint density at radius 1 is 0.365 bits per heavy atom. The highest BCUT2D eigenvalue weighted by Gasteiger charge is 2.19. The fourth-order valence-corrected chi connectivity index (χ4v) is 5.97. The standard InChI is InChI=1S/C46H82O6/c1-4-7-10-13-16-19-22-23-24-25-28-30-33-36-39-45(48)51-42-43(52-46(49)40-37-34-31-27-21-18-15-12-9-6-3)41-50-44(47)38-35-32-29-26-20-17-14-11-8-5-2/h11-12,14-15,22-23,43H,4-10,13,16-21,24-42H2,1-3H3/b14-11-,15-12-,23-22-. The van der Waals surface area contributed by atoms with Crippen molar-refractivity contribution in [3.63, 3.8) is 0 Å². The molecule has 0 aliphatic heterocycles. The van der Waals surface area contributed by atoms with Crippen LogP contribution >= 0.6 is 0 Å². The molecule has 0 amide bonds. The zero-order valence-electron chi connectivity index (χ0n) is 34.3. The number of carbonyl (C=O) groups excluding carboxylic acids is 3. The number of carbonyl (C=O) groups is 3. The quantitative estimate of drug-likeness (QED) is 0.0271. The molecule has 0 radical (unpaired) electrons. The molecular formula is C46H82O6. The Hall–Kier alpha value is -2.37. The monoisotopic (exact) mass is 731 g/mol. The highest BCUT2D eigenvalue weighted by molar-refractivity contribution is 5.71. The molecule has 0 N–H and O–H groups in total. The molecule has 302 valence electrons. The smallest absolute Gasteiger partial charge is 0.306 e. The van der Waals surface area contributed by atoms with Crippen molar-refractivity contribution in [2.24, 2.45) is 0 Å². The Balaban J connectivity index is 4.37. The molecule has 0 aromatic heterocycles. The predicted octanol–water partition coefficient (Wildman–Crippen LogP) is 13.8. The van der Waals surface area contributed by atoms with E-state index < -0.39 is 6.10 Å². The van der Waals surface area contributed by atoms with Crippen LogP contribution in [-0.4, -0.2) is 37.2 Å². The third kappa shape index (κ3) is 38.9. The first-order valence-corrected chi connectivity index (χ1v) is 22.0. The maximum Gasteiger partial charge on any atom is 0.306 e. The van der Waals surface area contributed by atoms with E-state index in [4.69, 9.17) is 14.2 Å². The van der Waals surface area contributed by atoms with Crippen LogP contribution in [0.15, 0.2) is 36.5 Å². The van der Waals surface area contributed by atoms with Gasteiger partial charge in [-0.3, -0.25) is 14.4 Å². The molecule has 0 fully saturated rings. The van der Waals surface area contributed by atoms with Gasteiger partial charge in [-0.1, -0.05) is 154 Å². The van der Waals surface area contributed by atoms with Crippen molar-refractivity contribution in [2.75, 3.05) is 13.2 Å². The molecule has 0 bridgehead atoms. The summed E-state index contributed by atoms with van der Waals surface area (Å²) in [4.78, 5) is 37.6. The van der Waals surface area contributed by atoms with Crippen LogP contribution in [0.2, 0.25) is 0 Å². The SMILES string of the molecule is CCC/C=C\CCCCCCCC(=O)OCC(COC(=O)CCCCCCC/C=C\CCCCCCC)OC(=O)CCCCCCC/C=C\CCC. The molecule has 0 saturated carbocycles. The van der Waals surface area contributed by atoms with Gasteiger partial charge in [-0.05, 0) is 83.5 Å². The van der Waals surface area contributed by atoms with Crippen molar-refractivity contribution in [1.82, 2.24) is 0 Å². The van der Waals surface area contributed by atoms with Crippen LogP contribution in [-0.2, 0) is 28.6 Å². The first-order valence-electron chi connectivity index (χ1n) is 22.0. The zero-order valence-corrected chi connectivity index (χ0v) is 34.3. The van der Waals surface area contributed by atoms with E-state index in [0.717, 1.165) is 96.3 Å². The van der Waals surface area contributed by atoms with Crippen molar-refractivity contribution in [3.8, 4) is 0 Å². The fraction of sp³-hybridized carbons (Fsp3) is 0.804. The van der Waals surface area contributed by atoms with Crippen LogP contribution in [0.1, 0.15) is 220 Å². The maximum absolute atomic E-state index is 12.6. The van der Waals surface area contributed by atoms with Gasteiger partial charge in [0.2, 0.25) is 0 Å². The molecule has 0 saturated heterocycles. The van der Waals surface area contributed by atoms with Crippen LogP contribution in [0.4, 0.5) is 0 Å². The minimum absolute atomic E-state index is 0.0823. The van der Waals surface area contributed by atoms with Crippen LogP contribution in [0.25, 0.3) is 0 Å². The van der Waals surface area contributed by atoms with Crippen molar-refractivity contribution in [1.29, 1.82) is 0 Å². The van der Waals surface area contributed by atoms with Gasteiger partial charge in [0.15, 0.2) is 6.10 Å². The van der Waals surface area contributed by atoms with Gasteiger partial charge in [-0.2, -0.15) is 0 Å². The molecule has 0 rings (SSSR count). The van der Waals surface area contributed by atoms with Gasteiger partial charge in [-0.15, -0.1) is 0 Å². The Kier molecular flexibility index (Phi) is 39.5. The third-order valence-corrected chi connectivity index (χ3v) is 9.30. The molecule has 1 atom stereocenters. The number of allylic oxidation sites excluding steroid dienone is 6. The number of hydrogen-bond acceptors (Lipinski definition) is 6. The summed E-state index contributed by atoms with van der Waals surface area (Å²) in [7, 11) is 0. The van der Waals surface area contributed by atoms with Crippen molar-refractivity contribution in [2.45, 2.75) is 226 Å². The van der Waals surface area contributed by atoms with E-state index in [1.54, 1.807) is 0 Å². The number of unbranched alkanes of at least 4 members (excludes halogenated alkanes) is 22. The lowest BCUT2D eigenvalue weighted by Crippen LogP contribution is -2.30. The molecule has 0 aromatic carbocycles. The molecule has 0 aliphatic carbocycles. The minimum Gasteiger partial charge on any atom is -0.462 e. The van der Waals surface area contributed by atoms with E-state index in [1.165, 1.54) is 83.5 Å². The zero-order chi connectivity index (χ0) is 38.0. The minimum atomic E-state index is -0.777. The van der Waals surface area contributed by atoms with E-state index in [1.807, 2.05) is 0 Å². The van der Waals surface area contributed by atoms with Crippen molar-refractivity contribution < 1.29 is 28.6 Å². The third-order valence-electron chi connectivity index (χ3n) is 9.30. The summed E-state index contributed by atoms with van der Waals surface area (Å²) < 4.78 is 16.6. The largest absolute Gasteiger partial charge is 0.462 e. The number of ether oxygens (including phenoxy) is 3. The molecule has 0 heterocycles. The summed E-state index contributed by atoms with van der Waals surface area (Å²) in [5.41, 5.74) is 0. The van der Waals surface area contributed by atoms with Gasteiger partial charge in [0, 0.05) is 19.3 Å². The number of esters is 3. The molecule has 1 unspecified atom stereocenters. The van der Waals surface area contributed by atoms with Gasteiger partial charge in [0.1, 0.15) is 13.2 Å². The van der Waals surface area contributed by atoms with Crippen LogP contribution in [0.5, 0.6) is 0 Å². The highest BCUT2D eigenvalue weighted by atomic mass is 16.6. The molecule has 0 spiro atoms. The second-order valence-electron chi connectivity index (χ2n) is 14.6. The number of hydrogen-bond donors (Lipinski definition) is 0. The summed E-state index contributed by atoms with van der Waals surface area (Å²) in [5, 5.41) is 0. The topological polar surface area (TPSA) is 78.9 Å². The van der Waals surface area contributed by atoms with Gasteiger partial charge in [0.25, 0.3) is 0 Å². The molecule has 6 heteroatoms. The molecule has 0 aliphatic rings. The Morgan fingerprint density at radius 3 is 1.04 bits per heavy atom. The van der Waals surface area contributed by atoms with Gasteiger partial charge < -0.3 is 14.2 Å². The second-order valence-corrected chi connectivity index (χ2v) is 14.6. The summed E-state index contributed by atoms with van der Waals surface area (Å²) in [6.45, 7) is 6.47. The summed E-state index contributed by atoms with van der Waals surface area (Å²) >= 11 is 0. The molecule has 52 heavy (non-hydrogen) atoms. The lowest BCUT2D eigenvalue weighted by atomic mass is 10.1. The van der Waals surface area contributed by atoms with Gasteiger partial charge in [-0.25, -0.2) is 0 Å². The first-order chi connectivity index (χ1) is 25.5. The number of rotatable bonds is 39. The fourth-order valence-electron chi connectivity index (χ4n) is 5.97. The lowest BCUT2D eigenvalue weighted by molar-refractivity contribution is -0.167. The molecular weight excluding hydrogens is 648 g/mol. The summed E-state index contributed by atoms with van der Waals surface area (Å²) in [6, 6.07) is 0. The average Bonchev–Trinajstić information content (AvgIpc) is 3.14. The molecule has 0 aromatic rings. The van der Waals surface area contributed by atoms with Crippen LogP contribution in [0.3, 0.4) is 0 Å². The Morgan fingerprint density at radius 2 is 0.673 bits per heavy atom.